The van der Waals surface area contributed by atoms with Crippen molar-refractivity contribution in [2.75, 3.05) is 38.2 Å². The van der Waals surface area contributed by atoms with Crippen molar-refractivity contribution < 1.29 is 14.3 Å². The number of para-hydroxylation sites is 1. The minimum atomic E-state index is -0.284. The molecule has 1 aromatic heterocycles. The molecule has 1 aliphatic heterocycles. The van der Waals surface area contributed by atoms with Gasteiger partial charge in [-0.25, -0.2) is 0 Å². The van der Waals surface area contributed by atoms with Crippen molar-refractivity contribution in [3.05, 3.63) is 66.0 Å². The van der Waals surface area contributed by atoms with Gasteiger partial charge >= 0.3 is 0 Å². The smallest absolute Gasteiger partial charge is 0.236 e. The molecule has 0 aliphatic carbocycles. The van der Waals surface area contributed by atoms with E-state index in [2.05, 4.69) is 32.5 Å². The van der Waals surface area contributed by atoms with Crippen LogP contribution in [0.4, 0.5) is 5.69 Å². The summed E-state index contributed by atoms with van der Waals surface area (Å²) in [6, 6.07) is 17.7. The van der Waals surface area contributed by atoms with Gasteiger partial charge in [-0.3, -0.25) is 9.59 Å². The highest BCUT2D eigenvalue weighted by Crippen LogP contribution is 2.24. The van der Waals surface area contributed by atoms with Gasteiger partial charge in [-0.15, -0.1) is 10.2 Å². The van der Waals surface area contributed by atoms with Gasteiger partial charge in [0.05, 0.1) is 25.3 Å². The topological polar surface area (TPSA) is 92.6 Å². The van der Waals surface area contributed by atoms with E-state index in [4.69, 9.17) is 4.74 Å². The third-order valence-electron chi connectivity index (χ3n) is 6.24. The Labute approximate surface area is 215 Å². The normalized spacial score (nSPS) is 14.4. The van der Waals surface area contributed by atoms with E-state index < -0.39 is 0 Å². The van der Waals surface area contributed by atoms with Crippen LogP contribution in [0.2, 0.25) is 0 Å². The van der Waals surface area contributed by atoms with Crippen LogP contribution in [0.1, 0.15) is 18.3 Å². The van der Waals surface area contributed by atoms with Crippen LogP contribution in [0.25, 0.3) is 0 Å². The molecule has 36 heavy (non-hydrogen) atoms. The number of hydrogen-bond donors (Lipinski definition) is 1. The minimum absolute atomic E-state index is 0.101. The van der Waals surface area contributed by atoms with Crippen LogP contribution in [0.15, 0.2) is 59.8 Å². The van der Waals surface area contributed by atoms with Crippen molar-refractivity contribution in [3.8, 4) is 5.75 Å². The maximum Gasteiger partial charge on any atom is 0.236 e. The molecule has 1 unspecified atom stereocenters. The van der Waals surface area contributed by atoms with E-state index in [1.165, 1.54) is 17.4 Å². The molecule has 10 heteroatoms. The van der Waals surface area contributed by atoms with Crippen molar-refractivity contribution >= 4 is 29.3 Å². The molecular weight excluding hydrogens is 476 g/mol. The zero-order chi connectivity index (χ0) is 25.5. The predicted octanol–water partition coefficient (Wildman–Crippen LogP) is 2.51. The number of carbonyl (C=O) groups excluding carboxylic acids is 2. The monoisotopic (exact) mass is 508 g/mol. The lowest BCUT2D eigenvalue weighted by atomic mass is 10.1. The summed E-state index contributed by atoms with van der Waals surface area (Å²) in [7, 11) is 3.46. The summed E-state index contributed by atoms with van der Waals surface area (Å²) in [5.74, 6) is 1.39. The first-order valence-electron chi connectivity index (χ1n) is 12.0. The molecule has 3 aromatic rings. The van der Waals surface area contributed by atoms with Gasteiger partial charge < -0.3 is 24.4 Å². The molecule has 2 heterocycles. The van der Waals surface area contributed by atoms with Gasteiger partial charge in [-0.2, -0.15) is 0 Å². The summed E-state index contributed by atoms with van der Waals surface area (Å²) < 4.78 is 6.98. The van der Waals surface area contributed by atoms with Crippen LogP contribution in [-0.2, 0) is 29.6 Å². The Morgan fingerprint density at radius 3 is 2.39 bits per heavy atom. The quantitative estimate of drug-likeness (QED) is 0.444. The highest BCUT2D eigenvalue weighted by atomic mass is 32.2. The van der Waals surface area contributed by atoms with Crippen molar-refractivity contribution in [2.45, 2.75) is 30.3 Å². The Balaban J connectivity index is 1.25. The number of aromatic nitrogens is 3. The van der Waals surface area contributed by atoms with Crippen molar-refractivity contribution in [3.63, 3.8) is 0 Å². The maximum absolute atomic E-state index is 13.1. The molecule has 1 N–H and O–H groups in total. The Kier molecular flexibility index (Phi) is 8.48. The molecule has 1 saturated heterocycles. The molecule has 0 saturated carbocycles. The van der Waals surface area contributed by atoms with Gasteiger partial charge in [-0.1, -0.05) is 42.1 Å². The minimum Gasteiger partial charge on any atom is -0.497 e. The number of rotatable bonds is 9. The molecule has 1 aliphatic rings. The third-order valence-corrected chi connectivity index (χ3v) is 7.36. The summed E-state index contributed by atoms with van der Waals surface area (Å²) in [6.07, 6.45) is 0.270. The lowest BCUT2D eigenvalue weighted by Gasteiger charge is -2.37. The van der Waals surface area contributed by atoms with Crippen LogP contribution < -0.4 is 15.0 Å². The number of hydrogen-bond acceptors (Lipinski definition) is 7. The second-order valence-corrected chi connectivity index (χ2v) is 9.98. The second-order valence-electron chi connectivity index (χ2n) is 8.67. The van der Waals surface area contributed by atoms with Gasteiger partial charge in [0.25, 0.3) is 0 Å². The summed E-state index contributed by atoms with van der Waals surface area (Å²) in [5.41, 5.74) is 2.09. The number of ether oxygens (including phenoxy) is 1. The van der Waals surface area contributed by atoms with Crippen LogP contribution in [0.5, 0.6) is 5.75 Å². The van der Waals surface area contributed by atoms with E-state index in [1.807, 2.05) is 65.9 Å². The summed E-state index contributed by atoms with van der Waals surface area (Å²) in [6.45, 7) is 5.20. The molecule has 190 valence electrons. The van der Waals surface area contributed by atoms with Gasteiger partial charge in [-0.05, 0) is 36.8 Å². The van der Waals surface area contributed by atoms with Gasteiger partial charge in [0, 0.05) is 38.9 Å². The number of nitrogens with zero attached hydrogens (tertiary/aromatic N) is 5. The largest absolute Gasteiger partial charge is 0.497 e. The average Bonchev–Trinajstić information content (AvgIpc) is 3.26. The number of thioether (sulfide) groups is 1. The number of nitrogens with one attached hydrogen (secondary N) is 1. The lowest BCUT2D eigenvalue weighted by Crippen LogP contribution is -2.50. The van der Waals surface area contributed by atoms with E-state index in [0.717, 1.165) is 24.4 Å². The summed E-state index contributed by atoms with van der Waals surface area (Å²) >= 11 is 1.39. The second kappa shape index (κ2) is 11.9. The zero-order valence-electron chi connectivity index (χ0n) is 20.9. The van der Waals surface area contributed by atoms with Crippen LogP contribution in [0.3, 0.4) is 0 Å². The molecule has 0 bridgehead atoms. The van der Waals surface area contributed by atoms with E-state index in [0.29, 0.717) is 24.1 Å². The predicted molar refractivity (Wildman–Crippen MR) is 140 cm³/mol. The maximum atomic E-state index is 13.1. The third kappa shape index (κ3) is 6.37. The highest BCUT2D eigenvalue weighted by Gasteiger charge is 2.27. The first kappa shape index (κ1) is 25.6. The number of carbonyl (C=O) groups is 2. The fraction of sp³-hybridized carbons (Fsp3) is 0.385. The van der Waals surface area contributed by atoms with E-state index >= 15 is 0 Å². The van der Waals surface area contributed by atoms with Gasteiger partial charge in [0.1, 0.15) is 5.75 Å². The molecule has 2 amide bonds. The van der Waals surface area contributed by atoms with E-state index in [9.17, 15) is 9.59 Å². The Hall–Kier alpha value is -3.53. The number of benzene rings is 2. The van der Waals surface area contributed by atoms with Crippen molar-refractivity contribution in [1.82, 2.24) is 25.0 Å². The molecule has 1 atom stereocenters. The number of piperazine rings is 1. The number of methoxy groups -OCH3 is 1. The average molecular weight is 509 g/mol. The molecule has 0 spiro atoms. The van der Waals surface area contributed by atoms with Crippen LogP contribution in [-0.4, -0.2) is 70.0 Å². The van der Waals surface area contributed by atoms with E-state index in [1.54, 1.807) is 7.11 Å². The molecular formula is C26H32N6O3S. The lowest BCUT2D eigenvalue weighted by molar-refractivity contribution is -0.130. The van der Waals surface area contributed by atoms with Crippen LogP contribution >= 0.6 is 11.8 Å². The fourth-order valence-corrected chi connectivity index (χ4v) is 4.98. The first-order chi connectivity index (χ1) is 17.4. The van der Waals surface area contributed by atoms with Gasteiger partial charge in [0.15, 0.2) is 11.0 Å². The first-order valence-corrected chi connectivity index (χ1v) is 12.9. The standard InChI is InChI=1S/C26H32N6O3S/c1-19(25(34)32-15-13-31(14-16-32)21-7-5-4-6-8-21)36-26-29-28-23(30(26)2)18-27-24(33)17-20-9-11-22(35-3)12-10-20/h4-12,19H,13-18H2,1-3H3,(H,27,33). The van der Waals surface area contributed by atoms with Crippen molar-refractivity contribution in [2.24, 2.45) is 7.05 Å². The summed E-state index contributed by atoms with van der Waals surface area (Å²) in [4.78, 5) is 29.6. The Morgan fingerprint density at radius 2 is 1.72 bits per heavy atom. The number of anilines is 1. The Morgan fingerprint density at radius 1 is 1.03 bits per heavy atom. The molecule has 0 radical (unpaired) electrons. The number of amides is 2. The SMILES string of the molecule is COc1ccc(CC(=O)NCc2nnc(SC(C)C(=O)N3CCN(c4ccccc4)CC3)n2C)cc1. The zero-order valence-corrected chi connectivity index (χ0v) is 21.7. The van der Waals surface area contributed by atoms with Crippen molar-refractivity contribution in [1.29, 1.82) is 0 Å². The molecule has 2 aromatic carbocycles. The molecule has 9 nitrogen and oxygen atoms in total. The summed E-state index contributed by atoms with van der Waals surface area (Å²) in [5, 5.41) is 11.7. The van der Waals surface area contributed by atoms with Gasteiger partial charge in [0.2, 0.25) is 11.8 Å². The fourth-order valence-electron chi connectivity index (χ4n) is 4.06. The van der Waals surface area contributed by atoms with Crippen LogP contribution in [0, 0.1) is 0 Å². The van der Waals surface area contributed by atoms with E-state index in [-0.39, 0.29) is 30.0 Å². The highest BCUT2D eigenvalue weighted by molar-refractivity contribution is 8.00. The molecule has 4 rings (SSSR count). The Bertz CT molecular complexity index is 1160. The molecule has 1 fully saturated rings.